The maximum Gasteiger partial charge on any atom is 0.419 e. The van der Waals surface area contributed by atoms with Crippen molar-refractivity contribution in [3.05, 3.63) is 69.2 Å². The van der Waals surface area contributed by atoms with E-state index in [4.69, 9.17) is 4.42 Å². The summed E-state index contributed by atoms with van der Waals surface area (Å²) >= 11 is 0. The lowest BCUT2D eigenvalue weighted by Crippen LogP contribution is -2.46. The number of nitrogens with one attached hydrogen (secondary N) is 2. The molecule has 2 aromatic carbocycles. The van der Waals surface area contributed by atoms with Gasteiger partial charge in [0.1, 0.15) is 0 Å². The zero-order valence-corrected chi connectivity index (χ0v) is 21.0. The molecule has 2 aliphatic rings. The molecule has 2 fully saturated rings. The molecule has 1 aromatic heterocycles. The summed E-state index contributed by atoms with van der Waals surface area (Å²) in [7, 11) is 1.58. The van der Waals surface area contributed by atoms with Crippen molar-refractivity contribution in [2.24, 2.45) is 18.4 Å². The topological polar surface area (TPSA) is 76.3 Å². The third-order valence-electron chi connectivity index (χ3n) is 7.89. The zero-order chi connectivity index (χ0) is 28.2. The number of carbonyl (C=O) groups is 1. The highest BCUT2D eigenvalue weighted by Crippen LogP contribution is 2.50. The van der Waals surface area contributed by atoms with Crippen LogP contribution < -0.4 is 16.4 Å². The summed E-state index contributed by atoms with van der Waals surface area (Å²) in [6.07, 6.45) is -6.80. The van der Waals surface area contributed by atoms with E-state index < -0.39 is 47.1 Å². The maximum absolute atomic E-state index is 13.8. The summed E-state index contributed by atoms with van der Waals surface area (Å²) in [6, 6.07) is 6.64. The molecule has 1 saturated heterocycles. The van der Waals surface area contributed by atoms with E-state index in [0.29, 0.717) is 55.1 Å². The van der Waals surface area contributed by atoms with Crippen molar-refractivity contribution < 1.29 is 35.6 Å². The summed E-state index contributed by atoms with van der Waals surface area (Å²) in [4.78, 5) is 25.8. The molecule has 2 atom stereocenters. The molecule has 2 N–H and O–H groups in total. The van der Waals surface area contributed by atoms with Crippen molar-refractivity contribution >= 4 is 17.0 Å². The van der Waals surface area contributed by atoms with E-state index in [1.54, 1.807) is 13.1 Å². The molecular formula is C27H27F6N3O3. The van der Waals surface area contributed by atoms with Gasteiger partial charge in [0.15, 0.2) is 5.58 Å². The molecule has 210 valence electrons. The van der Waals surface area contributed by atoms with Crippen LogP contribution in [0.15, 0.2) is 45.6 Å². The first-order valence-electron chi connectivity index (χ1n) is 12.6. The average Bonchev–Trinajstić information content (AvgIpc) is 3.48. The number of fused-ring (bicyclic) bond motifs is 1. The van der Waals surface area contributed by atoms with Gasteiger partial charge in [0.05, 0.1) is 22.1 Å². The Bertz CT molecular complexity index is 1410. The second kappa shape index (κ2) is 9.72. The quantitative estimate of drug-likeness (QED) is 0.386. The molecule has 12 heteroatoms. The van der Waals surface area contributed by atoms with Gasteiger partial charge in [-0.15, -0.1) is 0 Å². The van der Waals surface area contributed by atoms with Gasteiger partial charge in [-0.05, 0) is 72.7 Å². The van der Waals surface area contributed by atoms with E-state index in [0.717, 1.165) is 18.4 Å². The van der Waals surface area contributed by atoms with Gasteiger partial charge in [0.25, 0.3) is 0 Å². The van der Waals surface area contributed by atoms with E-state index in [1.165, 1.54) is 4.57 Å². The minimum absolute atomic E-state index is 0.0682. The number of aromatic nitrogens is 1. The fraction of sp³-hybridized carbons (Fsp3) is 0.481. The number of carbonyl (C=O) groups excluding carboxylic acids is 1. The first-order valence-corrected chi connectivity index (χ1v) is 12.6. The van der Waals surface area contributed by atoms with Crippen molar-refractivity contribution in [2.75, 3.05) is 13.1 Å². The van der Waals surface area contributed by atoms with Crippen LogP contribution in [0.5, 0.6) is 0 Å². The number of oxazole rings is 1. The second-order valence-electron chi connectivity index (χ2n) is 10.6. The van der Waals surface area contributed by atoms with Gasteiger partial charge in [-0.25, -0.2) is 4.79 Å². The highest BCUT2D eigenvalue weighted by molar-refractivity contribution is 5.85. The largest absolute Gasteiger partial charge is 0.419 e. The highest BCUT2D eigenvalue weighted by Gasteiger charge is 2.49. The molecule has 0 spiro atoms. The summed E-state index contributed by atoms with van der Waals surface area (Å²) in [6.45, 7) is 0.344. The van der Waals surface area contributed by atoms with Crippen LogP contribution in [0, 0.1) is 11.3 Å². The fourth-order valence-corrected chi connectivity index (χ4v) is 5.57. The third kappa shape index (κ3) is 5.43. The van der Waals surface area contributed by atoms with Gasteiger partial charge in [-0.2, -0.15) is 26.3 Å². The van der Waals surface area contributed by atoms with Crippen LogP contribution in [0.3, 0.4) is 0 Å². The third-order valence-corrected chi connectivity index (χ3v) is 7.89. The molecule has 3 aromatic rings. The zero-order valence-electron chi connectivity index (χ0n) is 21.0. The van der Waals surface area contributed by atoms with E-state index in [-0.39, 0.29) is 17.5 Å². The number of rotatable bonds is 7. The molecule has 0 radical (unpaired) electrons. The summed E-state index contributed by atoms with van der Waals surface area (Å²) in [5.41, 5.74) is -2.32. The Hall–Kier alpha value is -3.28. The number of nitrogens with zero attached hydrogens (tertiary/aromatic N) is 1. The minimum atomic E-state index is -4.97. The summed E-state index contributed by atoms with van der Waals surface area (Å²) in [5, 5.41) is 5.86. The molecule has 1 saturated carbocycles. The predicted molar refractivity (Wildman–Crippen MR) is 130 cm³/mol. The number of benzene rings is 2. The maximum atomic E-state index is 13.8. The van der Waals surface area contributed by atoms with Crippen LogP contribution in [0.1, 0.15) is 53.9 Å². The lowest BCUT2D eigenvalue weighted by atomic mass is 9.68. The number of hydrogen-bond donors (Lipinski definition) is 2. The Balaban J connectivity index is 1.47. The summed E-state index contributed by atoms with van der Waals surface area (Å²) in [5.74, 6) is -0.843. The van der Waals surface area contributed by atoms with Gasteiger partial charge in [-0.1, -0.05) is 18.9 Å². The Morgan fingerprint density at radius 3 is 2.33 bits per heavy atom. The van der Waals surface area contributed by atoms with Crippen molar-refractivity contribution in [3.63, 3.8) is 0 Å². The van der Waals surface area contributed by atoms with Gasteiger partial charge >= 0.3 is 18.1 Å². The highest BCUT2D eigenvalue weighted by atomic mass is 19.4. The Labute approximate surface area is 219 Å². The average molecular weight is 556 g/mol. The molecule has 39 heavy (non-hydrogen) atoms. The molecule has 1 aliphatic carbocycles. The number of halogens is 6. The Kier molecular flexibility index (Phi) is 6.80. The number of alkyl halides is 6. The van der Waals surface area contributed by atoms with Crippen LogP contribution in [-0.4, -0.2) is 23.6 Å². The standard InChI is InChI=1S/C27H27F6N3O3/c1-36-21-11-17(4-5-22(21)39-24(36)38)20(10-15-2-3-15)25(6-7-34-14-25)23(37)35-13-16-8-18(26(28,29)30)12-19(9-16)27(31,32)33/h4-5,8-9,11-12,15,20,34H,2-3,6-7,10,13-14H2,1H3,(H,35,37). The normalized spacial score (nSPS) is 20.9. The van der Waals surface area contributed by atoms with Crippen molar-refractivity contribution in [1.82, 2.24) is 15.2 Å². The predicted octanol–water partition coefficient (Wildman–Crippen LogP) is 5.35. The first-order chi connectivity index (χ1) is 18.3. The number of amides is 1. The van der Waals surface area contributed by atoms with E-state index in [2.05, 4.69) is 10.6 Å². The van der Waals surface area contributed by atoms with Crippen LogP contribution in [0.4, 0.5) is 26.3 Å². The molecule has 2 heterocycles. The van der Waals surface area contributed by atoms with Crippen molar-refractivity contribution in [2.45, 2.75) is 50.5 Å². The molecule has 0 bridgehead atoms. The molecule has 5 rings (SSSR count). The van der Waals surface area contributed by atoms with Crippen LogP contribution in [-0.2, 0) is 30.7 Å². The van der Waals surface area contributed by atoms with Crippen LogP contribution in [0.2, 0.25) is 0 Å². The molecule has 2 unspecified atom stereocenters. The van der Waals surface area contributed by atoms with Crippen molar-refractivity contribution in [3.8, 4) is 0 Å². The number of hydrogen-bond acceptors (Lipinski definition) is 4. The fourth-order valence-electron chi connectivity index (χ4n) is 5.57. The van der Waals surface area contributed by atoms with Gasteiger partial charge in [0.2, 0.25) is 5.91 Å². The lowest BCUT2D eigenvalue weighted by Gasteiger charge is -2.36. The smallest absolute Gasteiger partial charge is 0.408 e. The first kappa shape index (κ1) is 27.3. The molecule has 1 amide bonds. The van der Waals surface area contributed by atoms with Crippen LogP contribution >= 0.6 is 0 Å². The van der Waals surface area contributed by atoms with Crippen LogP contribution in [0.25, 0.3) is 11.1 Å². The van der Waals surface area contributed by atoms with E-state index >= 15 is 0 Å². The van der Waals surface area contributed by atoms with Crippen molar-refractivity contribution in [1.29, 1.82) is 0 Å². The van der Waals surface area contributed by atoms with Gasteiger partial charge in [-0.3, -0.25) is 9.36 Å². The summed E-state index contributed by atoms with van der Waals surface area (Å²) < 4.78 is 86.5. The minimum Gasteiger partial charge on any atom is -0.408 e. The SMILES string of the molecule is Cn1c(=O)oc2ccc(C(CC3CC3)C3(C(=O)NCc4cc(C(F)(F)F)cc(C(F)(F)F)c4)CCNC3)cc21. The lowest BCUT2D eigenvalue weighted by molar-refractivity contribution is -0.143. The molecular weight excluding hydrogens is 528 g/mol. The van der Waals surface area contributed by atoms with Gasteiger partial charge in [0, 0.05) is 20.1 Å². The molecule has 6 nitrogen and oxygen atoms in total. The second-order valence-corrected chi connectivity index (χ2v) is 10.6. The Morgan fingerprint density at radius 2 is 1.77 bits per heavy atom. The number of aryl methyl sites for hydroxylation is 1. The monoisotopic (exact) mass is 555 g/mol. The molecule has 1 aliphatic heterocycles. The Morgan fingerprint density at radius 1 is 1.10 bits per heavy atom. The van der Waals surface area contributed by atoms with E-state index in [9.17, 15) is 35.9 Å². The van der Waals surface area contributed by atoms with Gasteiger partial charge < -0.3 is 15.1 Å². The van der Waals surface area contributed by atoms with E-state index in [1.807, 2.05) is 12.1 Å².